The van der Waals surface area contributed by atoms with Gasteiger partial charge in [-0.25, -0.2) is 0 Å². The molecule has 0 bridgehead atoms. The van der Waals surface area contributed by atoms with E-state index in [-0.39, 0.29) is 0 Å². The highest BCUT2D eigenvalue weighted by atomic mass is 16.3. The number of aromatic nitrogens is 2. The molecule has 1 aliphatic rings. The van der Waals surface area contributed by atoms with Gasteiger partial charge in [0.05, 0.1) is 5.52 Å². The number of hydrogen-bond acceptors (Lipinski definition) is 1. The molecule has 0 atom stereocenters. The third-order valence-electron chi connectivity index (χ3n) is 6.70. The fourth-order valence-electron chi connectivity index (χ4n) is 5.45. The average Bonchev–Trinajstić information content (AvgIpc) is 3.55. The molecule has 3 nitrogen and oxygen atoms in total. The summed E-state index contributed by atoms with van der Waals surface area (Å²) in [7, 11) is 0. The summed E-state index contributed by atoms with van der Waals surface area (Å²) in [6, 6.07) is 30.0. The zero-order valence-corrected chi connectivity index (χ0v) is 16.5. The van der Waals surface area contributed by atoms with Crippen LogP contribution in [-0.2, 0) is 0 Å². The van der Waals surface area contributed by atoms with Crippen LogP contribution in [0, 0.1) is 0 Å². The molecule has 144 valence electrons. The topological polar surface area (TPSA) is 22.5 Å². The lowest BCUT2D eigenvalue weighted by atomic mass is 10.0. The molecule has 3 heteroatoms. The van der Waals surface area contributed by atoms with Crippen molar-refractivity contribution in [1.82, 2.24) is 8.97 Å². The van der Waals surface area contributed by atoms with Gasteiger partial charge < -0.3 is 8.98 Å². The smallest absolute Gasteiger partial charge is 0.160 e. The minimum Gasteiger partial charge on any atom is -0.454 e. The van der Waals surface area contributed by atoms with Crippen LogP contribution in [0.4, 0.5) is 0 Å². The molecule has 8 rings (SSSR count). The van der Waals surface area contributed by atoms with E-state index in [0.29, 0.717) is 0 Å². The van der Waals surface area contributed by atoms with Crippen molar-refractivity contribution < 1.29 is 4.42 Å². The van der Waals surface area contributed by atoms with E-state index in [1.165, 1.54) is 44.1 Å². The zero-order chi connectivity index (χ0) is 20.1. The molecule has 3 heterocycles. The molecule has 0 saturated carbocycles. The monoisotopic (exact) mass is 396 g/mol. The Bertz CT molecular complexity index is 1830. The fraction of sp³-hybridized carbons (Fsp3) is 0. The van der Waals surface area contributed by atoms with Crippen molar-refractivity contribution in [2.75, 3.05) is 0 Å². The Morgan fingerprint density at radius 3 is 2.32 bits per heavy atom. The summed E-state index contributed by atoms with van der Waals surface area (Å²) >= 11 is 0. The molecule has 0 radical (unpaired) electrons. The predicted molar refractivity (Wildman–Crippen MR) is 126 cm³/mol. The summed E-state index contributed by atoms with van der Waals surface area (Å²) in [5, 5.41) is 3.63. The van der Waals surface area contributed by atoms with E-state index in [0.717, 1.165) is 22.4 Å². The number of fused-ring (bicyclic) bond motifs is 10. The molecular formula is C28H16N2O. The largest absolute Gasteiger partial charge is 0.454 e. The molecule has 3 aromatic heterocycles. The third-order valence-corrected chi connectivity index (χ3v) is 6.70. The van der Waals surface area contributed by atoms with E-state index >= 15 is 0 Å². The van der Waals surface area contributed by atoms with E-state index in [9.17, 15) is 0 Å². The first-order valence-electron chi connectivity index (χ1n) is 10.5. The van der Waals surface area contributed by atoms with Gasteiger partial charge in [0.15, 0.2) is 5.58 Å². The molecule has 0 saturated heterocycles. The predicted octanol–water partition coefficient (Wildman–Crippen LogP) is 7.43. The molecule has 1 aliphatic carbocycles. The number of hydrogen-bond donors (Lipinski definition) is 0. The van der Waals surface area contributed by atoms with Crippen LogP contribution in [-0.4, -0.2) is 8.97 Å². The Balaban J connectivity index is 1.67. The molecule has 0 amide bonds. The van der Waals surface area contributed by atoms with Gasteiger partial charge in [-0.2, -0.15) is 0 Å². The van der Waals surface area contributed by atoms with Gasteiger partial charge in [0.2, 0.25) is 0 Å². The molecule has 0 spiro atoms. The highest BCUT2D eigenvalue weighted by Crippen LogP contribution is 2.53. The Kier molecular flexibility index (Phi) is 2.65. The van der Waals surface area contributed by atoms with Gasteiger partial charge in [0.1, 0.15) is 11.2 Å². The number of benzene rings is 4. The highest BCUT2D eigenvalue weighted by Gasteiger charge is 2.31. The number of furan rings is 1. The van der Waals surface area contributed by atoms with Crippen molar-refractivity contribution in [2.45, 2.75) is 0 Å². The Morgan fingerprint density at radius 2 is 1.42 bits per heavy atom. The maximum atomic E-state index is 6.45. The van der Waals surface area contributed by atoms with Gasteiger partial charge in [-0.05, 0) is 41.0 Å². The molecule has 0 aliphatic heterocycles. The van der Waals surface area contributed by atoms with Crippen molar-refractivity contribution in [1.29, 1.82) is 0 Å². The van der Waals surface area contributed by atoms with E-state index in [1.54, 1.807) is 0 Å². The van der Waals surface area contributed by atoms with Crippen LogP contribution in [0.1, 0.15) is 0 Å². The van der Waals surface area contributed by atoms with Crippen LogP contribution in [0.5, 0.6) is 0 Å². The van der Waals surface area contributed by atoms with Gasteiger partial charge in [-0.3, -0.25) is 4.40 Å². The first kappa shape index (κ1) is 15.6. The van der Waals surface area contributed by atoms with E-state index in [2.05, 4.69) is 100 Å². The van der Waals surface area contributed by atoms with Crippen molar-refractivity contribution in [3.05, 3.63) is 97.3 Å². The normalized spacial score (nSPS) is 12.5. The number of para-hydroxylation sites is 2. The summed E-state index contributed by atoms with van der Waals surface area (Å²) in [4.78, 5) is 0. The number of imidazole rings is 1. The van der Waals surface area contributed by atoms with E-state index < -0.39 is 0 Å². The molecule has 31 heavy (non-hydrogen) atoms. The van der Waals surface area contributed by atoms with Crippen LogP contribution in [0.3, 0.4) is 0 Å². The summed E-state index contributed by atoms with van der Waals surface area (Å²) in [6.45, 7) is 0. The minimum atomic E-state index is 0.934. The van der Waals surface area contributed by atoms with Crippen molar-refractivity contribution >= 4 is 38.5 Å². The molecule has 0 fully saturated rings. The Hall–Kier alpha value is -4.24. The Labute approximate surface area is 177 Å². The standard InChI is InChI=1S/C28H16N2O/c1-2-8-17(9-3-1)29-14-15-30-26-24-21(18-10-4-5-12-20(18)25(24)28(29)30)16-22-19-11-6-7-13-23(19)31-27(22)26/h1-16H. The van der Waals surface area contributed by atoms with E-state index in [1.807, 2.05) is 6.07 Å². The van der Waals surface area contributed by atoms with Crippen LogP contribution < -0.4 is 0 Å². The lowest BCUT2D eigenvalue weighted by Gasteiger charge is -2.07. The van der Waals surface area contributed by atoms with Crippen molar-refractivity contribution in [3.8, 4) is 27.9 Å². The number of rotatable bonds is 1. The zero-order valence-electron chi connectivity index (χ0n) is 16.5. The first-order valence-corrected chi connectivity index (χ1v) is 10.5. The van der Waals surface area contributed by atoms with Crippen molar-refractivity contribution in [2.24, 2.45) is 0 Å². The van der Waals surface area contributed by atoms with E-state index in [4.69, 9.17) is 4.42 Å². The van der Waals surface area contributed by atoms with Gasteiger partial charge in [0.25, 0.3) is 0 Å². The quantitative estimate of drug-likeness (QED) is 0.283. The summed E-state index contributed by atoms with van der Waals surface area (Å²) in [5.74, 6) is 0. The number of nitrogens with zero attached hydrogens (tertiary/aromatic N) is 2. The SMILES string of the molecule is c1ccc(-n2ccn3c4c5c(cc6c7ccccc7oc64)-c4ccccc4-c5c23)cc1. The van der Waals surface area contributed by atoms with Crippen LogP contribution in [0.15, 0.2) is 102 Å². The molecular weight excluding hydrogens is 380 g/mol. The van der Waals surface area contributed by atoms with Gasteiger partial charge in [-0.1, -0.05) is 60.7 Å². The summed E-state index contributed by atoms with van der Waals surface area (Å²) in [6.07, 6.45) is 4.32. The first-order chi connectivity index (χ1) is 15.4. The minimum absolute atomic E-state index is 0.934. The average molecular weight is 396 g/mol. The fourth-order valence-corrected chi connectivity index (χ4v) is 5.45. The maximum Gasteiger partial charge on any atom is 0.160 e. The van der Waals surface area contributed by atoms with Crippen LogP contribution >= 0.6 is 0 Å². The van der Waals surface area contributed by atoms with Crippen LogP contribution in [0.2, 0.25) is 0 Å². The van der Waals surface area contributed by atoms with Gasteiger partial charge in [0, 0.05) is 39.8 Å². The highest BCUT2D eigenvalue weighted by molar-refractivity contribution is 6.28. The molecule has 4 aromatic carbocycles. The van der Waals surface area contributed by atoms with Crippen molar-refractivity contribution in [3.63, 3.8) is 0 Å². The summed E-state index contributed by atoms with van der Waals surface area (Å²) < 4.78 is 11.0. The van der Waals surface area contributed by atoms with Crippen LogP contribution in [0.25, 0.3) is 66.4 Å². The van der Waals surface area contributed by atoms with Gasteiger partial charge in [-0.15, -0.1) is 0 Å². The maximum absolute atomic E-state index is 6.45. The van der Waals surface area contributed by atoms with Gasteiger partial charge >= 0.3 is 0 Å². The lowest BCUT2D eigenvalue weighted by molar-refractivity contribution is 0.671. The lowest BCUT2D eigenvalue weighted by Crippen LogP contribution is -1.93. The Morgan fingerprint density at radius 1 is 0.645 bits per heavy atom. The summed E-state index contributed by atoms with van der Waals surface area (Å²) in [5.41, 5.74) is 10.6. The molecule has 0 N–H and O–H groups in total. The molecule has 0 unspecified atom stereocenters. The third kappa shape index (κ3) is 1.77. The second-order valence-corrected chi connectivity index (χ2v) is 8.24. The second kappa shape index (κ2) is 5.27. The molecule has 7 aromatic rings. The second-order valence-electron chi connectivity index (χ2n) is 8.24.